The molecule has 0 spiro atoms. The number of esters is 1. The molecule has 0 bridgehead atoms. The van der Waals surface area contributed by atoms with E-state index in [0.717, 1.165) is 10.7 Å². The van der Waals surface area contributed by atoms with E-state index in [1.807, 2.05) is 13.0 Å². The maximum Gasteiger partial charge on any atom is 0.339 e. The van der Waals surface area contributed by atoms with E-state index < -0.39 is 5.97 Å². The summed E-state index contributed by atoms with van der Waals surface area (Å²) in [5.74, 6) is 0.322. The zero-order chi connectivity index (χ0) is 14.7. The second-order valence-corrected chi connectivity index (χ2v) is 5.50. The summed E-state index contributed by atoms with van der Waals surface area (Å²) < 4.78 is 10.3. The molecule has 0 fully saturated rings. The fraction of sp³-hybridized carbons (Fsp3) is 0.214. The Labute approximate surface area is 126 Å². The molecule has 0 unspecified atom stereocenters. The number of ether oxygens (including phenoxy) is 1. The highest BCUT2D eigenvalue weighted by Crippen LogP contribution is 2.39. The summed E-state index contributed by atoms with van der Waals surface area (Å²) in [6.07, 6.45) is 1.59. The van der Waals surface area contributed by atoms with Crippen molar-refractivity contribution < 1.29 is 13.9 Å². The van der Waals surface area contributed by atoms with Crippen LogP contribution < -0.4 is 5.73 Å². The third-order valence-electron chi connectivity index (χ3n) is 2.58. The third kappa shape index (κ3) is 3.11. The summed E-state index contributed by atoms with van der Waals surface area (Å²) in [7, 11) is 0. The van der Waals surface area contributed by atoms with Crippen molar-refractivity contribution in [1.82, 2.24) is 0 Å². The Balaban J connectivity index is 2.45. The number of carbonyl (C=O) groups excluding carboxylic acids is 1. The van der Waals surface area contributed by atoms with Gasteiger partial charge in [-0.1, -0.05) is 23.4 Å². The molecule has 0 saturated heterocycles. The molecule has 0 aliphatic heterocycles. The van der Waals surface area contributed by atoms with E-state index in [-0.39, 0.29) is 0 Å². The van der Waals surface area contributed by atoms with Crippen LogP contribution >= 0.6 is 23.4 Å². The van der Waals surface area contributed by atoms with E-state index in [9.17, 15) is 4.79 Å². The van der Waals surface area contributed by atoms with Crippen molar-refractivity contribution >= 4 is 35.0 Å². The van der Waals surface area contributed by atoms with Crippen molar-refractivity contribution in [1.29, 1.82) is 0 Å². The molecule has 0 radical (unpaired) electrons. The van der Waals surface area contributed by atoms with E-state index in [1.54, 1.807) is 25.3 Å². The number of hydrogen-bond donors (Lipinski definition) is 1. The van der Waals surface area contributed by atoms with Gasteiger partial charge in [0, 0.05) is 10.6 Å². The minimum atomic E-state index is -0.439. The van der Waals surface area contributed by atoms with Crippen LogP contribution in [-0.2, 0) is 4.74 Å². The fourth-order valence-corrected chi connectivity index (χ4v) is 2.96. The third-order valence-corrected chi connectivity index (χ3v) is 4.28. The monoisotopic (exact) mass is 311 g/mol. The number of nitrogen functional groups attached to an aromatic ring is 1. The average molecular weight is 312 g/mol. The smallest absolute Gasteiger partial charge is 0.339 e. The highest BCUT2D eigenvalue weighted by Gasteiger charge is 2.19. The van der Waals surface area contributed by atoms with Gasteiger partial charge in [-0.15, -0.1) is 0 Å². The number of anilines is 1. The lowest BCUT2D eigenvalue weighted by molar-refractivity contribution is 0.0522. The summed E-state index contributed by atoms with van der Waals surface area (Å²) in [6, 6.07) is 5.01. The Morgan fingerprint density at radius 3 is 2.85 bits per heavy atom. The van der Waals surface area contributed by atoms with Crippen LogP contribution in [0.4, 0.5) is 5.69 Å². The molecule has 2 N–H and O–H groups in total. The number of aryl methyl sites for hydroxylation is 1. The highest BCUT2D eigenvalue weighted by molar-refractivity contribution is 7.99. The molecule has 2 aromatic rings. The molecule has 0 aliphatic rings. The van der Waals surface area contributed by atoms with Crippen LogP contribution in [0.1, 0.15) is 23.0 Å². The molecule has 1 aromatic heterocycles. The number of furan rings is 1. The lowest BCUT2D eigenvalue weighted by Crippen LogP contribution is -2.07. The van der Waals surface area contributed by atoms with Gasteiger partial charge in [-0.3, -0.25) is 0 Å². The van der Waals surface area contributed by atoms with Crippen molar-refractivity contribution in [3.05, 3.63) is 40.8 Å². The van der Waals surface area contributed by atoms with Gasteiger partial charge in [-0.2, -0.15) is 0 Å². The first kappa shape index (κ1) is 14.8. The predicted octanol–water partition coefficient (Wildman–Crippen LogP) is 4.15. The SMILES string of the molecule is CCOC(=O)c1cc(N)cc(Cl)c1Sc1ccoc1C. The molecule has 20 heavy (non-hydrogen) atoms. The largest absolute Gasteiger partial charge is 0.468 e. The van der Waals surface area contributed by atoms with Gasteiger partial charge in [0.05, 0.1) is 28.4 Å². The summed E-state index contributed by atoms with van der Waals surface area (Å²) in [5, 5.41) is 0.415. The summed E-state index contributed by atoms with van der Waals surface area (Å²) in [4.78, 5) is 13.5. The van der Waals surface area contributed by atoms with Crippen LogP contribution in [0.2, 0.25) is 5.02 Å². The molecule has 106 valence electrons. The van der Waals surface area contributed by atoms with Crippen LogP contribution in [0, 0.1) is 6.92 Å². The number of halogens is 1. The van der Waals surface area contributed by atoms with Gasteiger partial charge in [-0.25, -0.2) is 4.79 Å². The maximum absolute atomic E-state index is 12.0. The summed E-state index contributed by atoms with van der Waals surface area (Å²) in [6.45, 7) is 3.89. The zero-order valence-electron chi connectivity index (χ0n) is 11.1. The standard InChI is InChI=1S/C14H14ClNO3S/c1-3-18-14(17)10-6-9(16)7-11(15)13(10)20-12-4-5-19-8(12)2/h4-7H,3,16H2,1-2H3. The highest BCUT2D eigenvalue weighted by atomic mass is 35.5. The summed E-state index contributed by atoms with van der Waals surface area (Å²) in [5.41, 5.74) is 6.53. The molecule has 0 amide bonds. The second-order valence-electron chi connectivity index (χ2n) is 4.04. The van der Waals surface area contributed by atoms with E-state index in [2.05, 4.69) is 0 Å². The fourth-order valence-electron chi connectivity index (χ4n) is 1.67. The van der Waals surface area contributed by atoms with Crippen LogP contribution in [0.3, 0.4) is 0 Å². The number of nitrogens with two attached hydrogens (primary N) is 1. The van der Waals surface area contributed by atoms with Crippen LogP contribution in [0.15, 0.2) is 38.7 Å². The van der Waals surface area contributed by atoms with Gasteiger partial charge in [0.2, 0.25) is 0 Å². The second kappa shape index (κ2) is 6.24. The van der Waals surface area contributed by atoms with Gasteiger partial charge in [0.1, 0.15) is 5.76 Å². The van der Waals surface area contributed by atoms with Crippen molar-refractivity contribution in [3.8, 4) is 0 Å². The molecular weight excluding hydrogens is 298 g/mol. The van der Waals surface area contributed by atoms with Crippen molar-refractivity contribution in [3.63, 3.8) is 0 Å². The van der Waals surface area contributed by atoms with Crippen molar-refractivity contribution in [2.75, 3.05) is 12.3 Å². The Kier molecular flexibility index (Phi) is 4.62. The molecule has 4 nitrogen and oxygen atoms in total. The molecule has 2 rings (SSSR count). The summed E-state index contributed by atoms with van der Waals surface area (Å²) >= 11 is 7.56. The lowest BCUT2D eigenvalue weighted by atomic mass is 10.2. The van der Waals surface area contributed by atoms with E-state index in [4.69, 9.17) is 26.5 Å². The van der Waals surface area contributed by atoms with E-state index in [0.29, 0.717) is 27.8 Å². The minimum Gasteiger partial charge on any atom is -0.468 e. The number of carbonyl (C=O) groups is 1. The number of hydrogen-bond acceptors (Lipinski definition) is 5. The Morgan fingerprint density at radius 2 is 2.25 bits per heavy atom. The first-order valence-electron chi connectivity index (χ1n) is 6.01. The molecular formula is C14H14ClNO3S. The Bertz CT molecular complexity index is 639. The van der Waals surface area contributed by atoms with Crippen LogP contribution in [0.5, 0.6) is 0 Å². The van der Waals surface area contributed by atoms with Gasteiger partial charge < -0.3 is 14.9 Å². The predicted molar refractivity (Wildman–Crippen MR) is 79.4 cm³/mol. The van der Waals surface area contributed by atoms with Crippen LogP contribution in [-0.4, -0.2) is 12.6 Å². The minimum absolute atomic E-state index is 0.292. The average Bonchev–Trinajstić information content (AvgIpc) is 2.78. The molecule has 0 atom stereocenters. The van der Waals surface area contributed by atoms with E-state index >= 15 is 0 Å². The van der Waals surface area contributed by atoms with Crippen LogP contribution in [0.25, 0.3) is 0 Å². The molecule has 6 heteroatoms. The quantitative estimate of drug-likeness (QED) is 0.678. The Morgan fingerprint density at radius 1 is 1.50 bits per heavy atom. The molecule has 0 aliphatic carbocycles. The molecule has 1 aromatic carbocycles. The van der Waals surface area contributed by atoms with Crippen molar-refractivity contribution in [2.24, 2.45) is 0 Å². The van der Waals surface area contributed by atoms with Gasteiger partial charge in [0.25, 0.3) is 0 Å². The first-order valence-corrected chi connectivity index (χ1v) is 7.20. The van der Waals surface area contributed by atoms with Crippen molar-refractivity contribution in [2.45, 2.75) is 23.6 Å². The molecule has 0 saturated carbocycles. The van der Waals surface area contributed by atoms with Gasteiger partial charge >= 0.3 is 5.97 Å². The van der Waals surface area contributed by atoms with Gasteiger partial charge in [-0.05, 0) is 32.0 Å². The van der Waals surface area contributed by atoms with Gasteiger partial charge in [0.15, 0.2) is 0 Å². The Hall–Kier alpha value is -1.59. The number of benzene rings is 1. The number of rotatable bonds is 4. The lowest BCUT2D eigenvalue weighted by Gasteiger charge is -2.11. The maximum atomic E-state index is 12.0. The first-order chi connectivity index (χ1) is 9.52. The zero-order valence-corrected chi connectivity index (χ0v) is 12.7. The topological polar surface area (TPSA) is 65.5 Å². The molecule has 1 heterocycles. The van der Waals surface area contributed by atoms with E-state index in [1.165, 1.54) is 11.8 Å². The normalized spacial score (nSPS) is 10.6.